The van der Waals surface area contributed by atoms with E-state index in [1.807, 2.05) is 12.1 Å². The number of anilines is 3. The quantitative estimate of drug-likeness (QED) is 0.157. The average Bonchev–Trinajstić information content (AvgIpc) is 3.92. The van der Waals surface area contributed by atoms with E-state index in [9.17, 15) is 0 Å². The highest BCUT2D eigenvalue weighted by molar-refractivity contribution is 6.14. The van der Waals surface area contributed by atoms with E-state index in [1.165, 1.54) is 32.5 Å². The summed E-state index contributed by atoms with van der Waals surface area (Å²) in [5, 5.41) is 11.9. The Labute approximate surface area is 363 Å². The highest BCUT2D eigenvalue weighted by Crippen LogP contribution is 2.46. The molecule has 2 heterocycles. The maximum Gasteiger partial charge on any atom is 0.143 e. The van der Waals surface area contributed by atoms with E-state index < -0.39 is 0 Å². The van der Waals surface area contributed by atoms with Gasteiger partial charge in [0.15, 0.2) is 0 Å². The van der Waals surface area contributed by atoms with Gasteiger partial charge in [0.05, 0.1) is 5.69 Å². The van der Waals surface area contributed by atoms with Gasteiger partial charge in [-0.1, -0.05) is 170 Å². The van der Waals surface area contributed by atoms with Crippen LogP contribution in [0.3, 0.4) is 0 Å². The standard InChI is InChI=1S/C60H37NO2/c1-2-13-42-37-58-55(36-41(42)12-1)54-20-10-18-52(60(54)63-58)50-15-5-7-21-56(50)61(46-32-27-40(28-33-46)49-17-9-19-53-51-16-6-8-22-57(51)62-59(49)53)45-30-25-38(26-31-45)43-29-34-48-44(35-43)24-23-39-11-3-4-14-47(39)48/h1-37H. The minimum absolute atomic E-state index is 0.879. The van der Waals surface area contributed by atoms with Crippen LogP contribution in [-0.4, -0.2) is 0 Å². The predicted octanol–water partition coefficient (Wildman–Crippen LogP) is 17.4. The molecule has 11 aromatic carbocycles. The number of hydrogen-bond donors (Lipinski definition) is 0. The summed E-state index contributed by atoms with van der Waals surface area (Å²) >= 11 is 0. The Balaban J connectivity index is 0.957. The van der Waals surface area contributed by atoms with Crippen LogP contribution in [0.25, 0.3) is 110 Å². The molecule has 0 aliphatic carbocycles. The van der Waals surface area contributed by atoms with Crippen LogP contribution in [-0.2, 0) is 0 Å². The molecule has 0 fully saturated rings. The zero-order valence-electron chi connectivity index (χ0n) is 34.1. The molecule has 0 radical (unpaired) electrons. The van der Waals surface area contributed by atoms with Gasteiger partial charge in [-0.05, 0) is 104 Å². The molecule has 2 aromatic heterocycles. The molecule has 3 nitrogen and oxygen atoms in total. The second kappa shape index (κ2) is 14.1. The lowest BCUT2D eigenvalue weighted by molar-refractivity contribution is 0.670. The van der Waals surface area contributed by atoms with Crippen molar-refractivity contribution in [3.05, 3.63) is 224 Å². The maximum absolute atomic E-state index is 6.81. The third kappa shape index (κ3) is 5.75. The molecule has 0 unspecified atom stereocenters. The zero-order valence-corrected chi connectivity index (χ0v) is 34.1. The molecule has 0 saturated carbocycles. The van der Waals surface area contributed by atoms with Gasteiger partial charge in [-0.3, -0.25) is 0 Å². The van der Waals surface area contributed by atoms with Crippen LogP contribution in [0.4, 0.5) is 17.1 Å². The minimum atomic E-state index is 0.879. The maximum atomic E-state index is 6.81. The highest BCUT2D eigenvalue weighted by Gasteiger charge is 2.21. The minimum Gasteiger partial charge on any atom is -0.455 e. The molecule has 63 heavy (non-hydrogen) atoms. The molecule has 13 aromatic rings. The Bertz CT molecular complexity index is 3910. The van der Waals surface area contributed by atoms with Gasteiger partial charge in [0, 0.05) is 49.6 Å². The first kappa shape index (κ1) is 35.4. The van der Waals surface area contributed by atoms with Gasteiger partial charge in [-0.15, -0.1) is 0 Å². The smallest absolute Gasteiger partial charge is 0.143 e. The summed E-state index contributed by atoms with van der Waals surface area (Å²) < 4.78 is 13.3. The molecular weight excluding hydrogens is 767 g/mol. The SMILES string of the molecule is c1ccc(N(c2ccc(-c3ccc4c(ccc5ccccc54)c3)cc2)c2ccc(-c3cccc4c3oc3ccccc34)cc2)c(-c2cccc3c2oc2cc4ccccc4cc23)c1. The van der Waals surface area contributed by atoms with Gasteiger partial charge < -0.3 is 13.7 Å². The molecule has 294 valence electrons. The monoisotopic (exact) mass is 803 g/mol. The largest absolute Gasteiger partial charge is 0.455 e. The summed E-state index contributed by atoms with van der Waals surface area (Å²) in [6.45, 7) is 0. The van der Waals surface area contributed by atoms with Crippen molar-refractivity contribution < 1.29 is 8.83 Å². The van der Waals surface area contributed by atoms with Crippen molar-refractivity contribution in [3.8, 4) is 33.4 Å². The van der Waals surface area contributed by atoms with Crippen LogP contribution >= 0.6 is 0 Å². The number of nitrogens with zero attached hydrogens (tertiary/aromatic N) is 1. The van der Waals surface area contributed by atoms with Crippen molar-refractivity contribution in [3.63, 3.8) is 0 Å². The molecule has 0 aliphatic heterocycles. The van der Waals surface area contributed by atoms with E-state index in [0.29, 0.717) is 0 Å². The first-order valence-corrected chi connectivity index (χ1v) is 21.5. The summed E-state index contributed by atoms with van der Waals surface area (Å²) in [5.41, 5.74) is 13.3. The molecule has 0 N–H and O–H groups in total. The van der Waals surface area contributed by atoms with Crippen LogP contribution in [0.5, 0.6) is 0 Å². The van der Waals surface area contributed by atoms with Crippen LogP contribution in [0.2, 0.25) is 0 Å². The average molecular weight is 804 g/mol. The van der Waals surface area contributed by atoms with E-state index >= 15 is 0 Å². The molecule has 0 atom stereocenters. The number of benzene rings is 11. The van der Waals surface area contributed by atoms with Crippen molar-refractivity contribution >= 4 is 93.3 Å². The van der Waals surface area contributed by atoms with Crippen molar-refractivity contribution in [2.45, 2.75) is 0 Å². The van der Waals surface area contributed by atoms with Crippen LogP contribution in [0, 0.1) is 0 Å². The van der Waals surface area contributed by atoms with Gasteiger partial charge in [-0.25, -0.2) is 0 Å². The summed E-state index contributed by atoms with van der Waals surface area (Å²) in [7, 11) is 0. The van der Waals surface area contributed by atoms with E-state index in [1.54, 1.807) is 0 Å². The normalized spacial score (nSPS) is 11.8. The summed E-state index contributed by atoms with van der Waals surface area (Å²) in [6, 6.07) is 80.5. The molecule has 0 amide bonds. The Morgan fingerprint density at radius 1 is 0.270 bits per heavy atom. The van der Waals surface area contributed by atoms with E-state index in [2.05, 4.69) is 217 Å². The summed E-state index contributed by atoms with van der Waals surface area (Å²) in [4.78, 5) is 2.37. The summed E-state index contributed by atoms with van der Waals surface area (Å²) in [6.07, 6.45) is 0. The Morgan fingerprint density at radius 3 is 1.62 bits per heavy atom. The highest BCUT2D eigenvalue weighted by atomic mass is 16.3. The van der Waals surface area contributed by atoms with Crippen LogP contribution in [0.1, 0.15) is 0 Å². The first-order chi connectivity index (χ1) is 31.2. The van der Waals surface area contributed by atoms with Gasteiger partial charge in [0.1, 0.15) is 22.3 Å². The zero-order chi connectivity index (χ0) is 41.4. The summed E-state index contributed by atoms with van der Waals surface area (Å²) in [5.74, 6) is 0. The molecular formula is C60H37NO2. The lowest BCUT2D eigenvalue weighted by Gasteiger charge is -2.28. The van der Waals surface area contributed by atoms with Crippen molar-refractivity contribution in [1.29, 1.82) is 0 Å². The topological polar surface area (TPSA) is 29.5 Å². The third-order valence-corrected chi connectivity index (χ3v) is 12.8. The fourth-order valence-corrected chi connectivity index (χ4v) is 9.78. The molecule has 0 spiro atoms. The van der Waals surface area contributed by atoms with Gasteiger partial charge in [-0.2, -0.15) is 0 Å². The van der Waals surface area contributed by atoms with E-state index in [-0.39, 0.29) is 0 Å². The Kier molecular flexibility index (Phi) is 7.91. The third-order valence-electron chi connectivity index (χ3n) is 12.8. The lowest BCUT2D eigenvalue weighted by atomic mass is 9.97. The second-order valence-corrected chi connectivity index (χ2v) is 16.4. The first-order valence-electron chi connectivity index (χ1n) is 21.5. The van der Waals surface area contributed by atoms with Gasteiger partial charge in [0.25, 0.3) is 0 Å². The molecule has 3 heteroatoms. The Morgan fingerprint density at radius 2 is 0.810 bits per heavy atom. The van der Waals surface area contributed by atoms with Crippen molar-refractivity contribution in [2.75, 3.05) is 4.90 Å². The van der Waals surface area contributed by atoms with E-state index in [4.69, 9.17) is 8.83 Å². The molecule has 0 bridgehead atoms. The van der Waals surface area contributed by atoms with Crippen LogP contribution < -0.4 is 4.90 Å². The van der Waals surface area contributed by atoms with Gasteiger partial charge in [0.2, 0.25) is 0 Å². The molecule has 0 aliphatic rings. The van der Waals surface area contributed by atoms with Crippen LogP contribution in [0.15, 0.2) is 233 Å². The fraction of sp³-hybridized carbons (Fsp3) is 0. The molecule has 0 saturated heterocycles. The lowest BCUT2D eigenvalue weighted by Crippen LogP contribution is -2.11. The second-order valence-electron chi connectivity index (χ2n) is 16.4. The molecule has 13 rings (SSSR count). The number of hydrogen-bond acceptors (Lipinski definition) is 3. The predicted molar refractivity (Wildman–Crippen MR) is 265 cm³/mol. The number of fused-ring (bicyclic) bond motifs is 10. The van der Waals surface area contributed by atoms with Crippen molar-refractivity contribution in [1.82, 2.24) is 0 Å². The van der Waals surface area contributed by atoms with Gasteiger partial charge >= 0.3 is 0 Å². The number of furan rings is 2. The van der Waals surface area contributed by atoms with Crippen molar-refractivity contribution in [2.24, 2.45) is 0 Å². The van der Waals surface area contributed by atoms with E-state index in [0.717, 1.165) is 94.1 Å². The number of rotatable bonds is 6. The number of para-hydroxylation sites is 4. The fourth-order valence-electron chi connectivity index (χ4n) is 9.78. The Hall–Kier alpha value is -8.40.